The van der Waals surface area contributed by atoms with Gasteiger partial charge in [-0.25, -0.2) is 0 Å². The van der Waals surface area contributed by atoms with Crippen molar-refractivity contribution in [2.24, 2.45) is 0 Å². The molecule has 1 aliphatic heterocycles. The molecule has 9 heteroatoms. The van der Waals surface area contributed by atoms with E-state index in [1.807, 2.05) is 18.2 Å². The van der Waals surface area contributed by atoms with Gasteiger partial charge in [-0.3, -0.25) is 9.97 Å². The second-order valence-electron chi connectivity index (χ2n) is 8.07. The average molecular weight is 503 g/mol. The van der Waals surface area contributed by atoms with Gasteiger partial charge in [0.15, 0.2) is 12.0 Å². The lowest BCUT2D eigenvalue weighted by Gasteiger charge is -2.39. The summed E-state index contributed by atoms with van der Waals surface area (Å²) < 4.78 is 16.9. The second kappa shape index (κ2) is 12.9. The molecule has 1 fully saturated rings. The van der Waals surface area contributed by atoms with E-state index in [1.54, 1.807) is 49.1 Å². The number of para-hydroxylation sites is 1. The molecule has 9 nitrogen and oxygen atoms in total. The van der Waals surface area contributed by atoms with Gasteiger partial charge in [0.2, 0.25) is 0 Å². The van der Waals surface area contributed by atoms with E-state index in [4.69, 9.17) is 14.2 Å². The highest BCUT2D eigenvalue weighted by Crippen LogP contribution is 2.24. The van der Waals surface area contributed by atoms with E-state index in [1.165, 1.54) is 0 Å². The van der Waals surface area contributed by atoms with Crippen LogP contribution in [0.3, 0.4) is 0 Å². The second-order valence-corrected chi connectivity index (χ2v) is 8.07. The molecule has 1 aromatic carbocycles. The number of benzene rings is 1. The minimum absolute atomic E-state index is 0.0218. The van der Waals surface area contributed by atoms with Gasteiger partial charge >= 0.3 is 0 Å². The molecule has 4 N–H and O–H groups in total. The van der Waals surface area contributed by atoms with Gasteiger partial charge < -0.3 is 34.6 Å². The highest BCUT2D eigenvalue weighted by molar-refractivity contribution is 5.59. The van der Waals surface area contributed by atoms with Crippen molar-refractivity contribution < 1.29 is 34.6 Å². The van der Waals surface area contributed by atoms with Crippen molar-refractivity contribution in [2.45, 2.75) is 30.7 Å². The van der Waals surface area contributed by atoms with Crippen molar-refractivity contribution in [2.75, 3.05) is 19.8 Å². The summed E-state index contributed by atoms with van der Waals surface area (Å²) in [6, 6.07) is 12.7. The molecule has 2 aromatic heterocycles. The highest BCUT2D eigenvalue weighted by atomic mass is 16.7. The van der Waals surface area contributed by atoms with Gasteiger partial charge in [0.1, 0.15) is 31.0 Å². The fourth-order valence-corrected chi connectivity index (χ4v) is 3.55. The zero-order chi connectivity index (χ0) is 26.0. The summed E-state index contributed by atoms with van der Waals surface area (Å²) in [5.41, 5.74) is 2.82. The third-order valence-corrected chi connectivity index (χ3v) is 5.52. The zero-order valence-corrected chi connectivity index (χ0v) is 19.8. The first-order chi connectivity index (χ1) is 18.1. The van der Waals surface area contributed by atoms with Crippen molar-refractivity contribution in [1.82, 2.24) is 9.97 Å². The van der Waals surface area contributed by atoms with E-state index in [9.17, 15) is 20.4 Å². The molecule has 0 aliphatic carbocycles. The first kappa shape index (κ1) is 26.3. The average Bonchev–Trinajstić information content (AvgIpc) is 2.94. The molecule has 0 saturated carbocycles. The van der Waals surface area contributed by atoms with Crippen LogP contribution in [0.2, 0.25) is 0 Å². The minimum atomic E-state index is -1.52. The molecule has 3 aromatic rings. The molecule has 37 heavy (non-hydrogen) atoms. The summed E-state index contributed by atoms with van der Waals surface area (Å²) >= 11 is 0. The fourth-order valence-electron chi connectivity index (χ4n) is 3.55. The topological polar surface area (TPSA) is 134 Å². The maximum Gasteiger partial charge on any atom is 0.186 e. The van der Waals surface area contributed by atoms with Gasteiger partial charge in [-0.2, -0.15) is 0 Å². The van der Waals surface area contributed by atoms with E-state index in [2.05, 4.69) is 33.6 Å². The van der Waals surface area contributed by atoms with Gasteiger partial charge in [0.05, 0.1) is 24.3 Å². The maximum absolute atomic E-state index is 10.2. The maximum atomic E-state index is 10.2. The van der Waals surface area contributed by atoms with Gasteiger partial charge in [-0.15, -0.1) is 0 Å². The fraction of sp³-hybridized carbons (Fsp3) is 0.286. The Bertz CT molecular complexity index is 1200. The summed E-state index contributed by atoms with van der Waals surface area (Å²) in [6.45, 7) is -0.511. The third kappa shape index (κ3) is 6.91. The number of hydrogen-bond donors (Lipinski definition) is 4. The van der Waals surface area contributed by atoms with E-state index in [0.717, 1.165) is 11.1 Å². The summed E-state index contributed by atoms with van der Waals surface area (Å²) in [5, 5.41) is 39.3. The zero-order valence-electron chi connectivity index (χ0n) is 19.8. The van der Waals surface area contributed by atoms with Crippen molar-refractivity contribution in [1.29, 1.82) is 0 Å². The van der Waals surface area contributed by atoms with Crippen molar-refractivity contribution in [3.63, 3.8) is 0 Å². The van der Waals surface area contributed by atoms with Crippen LogP contribution in [0.4, 0.5) is 0 Å². The summed E-state index contributed by atoms with van der Waals surface area (Å²) in [4.78, 5) is 7.99. The number of rotatable bonds is 6. The van der Waals surface area contributed by atoms with Crippen LogP contribution >= 0.6 is 0 Å². The number of aliphatic hydroxyl groups is 4. The van der Waals surface area contributed by atoms with Crippen LogP contribution in [0.1, 0.15) is 22.3 Å². The number of nitrogens with zero attached hydrogens (tertiary/aromatic N) is 2. The number of hydrogen-bond acceptors (Lipinski definition) is 9. The van der Waals surface area contributed by atoms with Crippen molar-refractivity contribution in [3.8, 4) is 29.4 Å². The Morgan fingerprint density at radius 3 is 1.84 bits per heavy atom. The molecule has 5 atom stereocenters. The largest absolute Gasteiger partial charge is 0.489 e. The van der Waals surface area contributed by atoms with Crippen LogP contribution in [0.5, 0.6) is 5.75 Å². The minimum Gasteiger partial charge on any atom is -0.489 e. The monoisotopic (exact) mass is 502 g/mol. The molecule has 1 aliphatic rings. The Hall–Kier alpha value is -3.80. The molecular formula is C28H26N2O7. The standard InChI is InChI=1S/C28H26N2O7/c31-18-23-24(32)25(33)26(34)28(37-23)36-17-16-35-27-21(6-4-19-8-12-29-13-9-19)2-1-3-22(27)7-5-20-10-14-30-15-11-20/h1-3,8-15,23-26,28,31-34H,16-18H2/t23-,24-,25+,26-,28+/m1/s1. The first-order valence-corrected chi connectivity index (χ1v) is 11.6. The smallest absolute Gasteiger partial charge is 0.186 e. The lowest BCUT2D eigenvalue weighted by atomic mass is 9.99. The first-order valence-electron chi connectivity index (χ1n) is 11.6. The molecule has 0 unspecified atom stereocenters. The predicted molar refractivity (Wildman–Crippen MR) is 132 cm³/mol. The predicted octanol–water partition coefficient (Wildman–Crippen LogP) is 0.472. The van der Waals surface area contributed by atoms with Gasteiger partial charge in [0.25, 0.3) is 0 Å². The third-order valence-electron chi connectivity index (χ3n) is 5.52. The van der Waals surface area contributed by atoms with Crippen LogP contribution in [0.15, 0.2) is 67.3 Å². The summed E-state index contributed by atoms with van der Waals surface area (Å²) in [5.74, 6) is 12.9. The molecule has 1 saturated heterocycles. The molecule has 3 heterocycles. The Kier molecular flexibility index (Phi) is 9.19. The molecule has 0 spiro atoms. The molecule has 190 valence electrons. The van der Waals surface area contributed by atoms with E-state index >= 15 is 0 Å². The quantitative estimate of drug-likeness (QED) is 0.280. The molecule has 0 radical (unpaired) electrons. The van der Waals surface area contributed by atoms with Gasteiger partial charge in [0, 0.05) is 35.9 Å². The van der Waals surface area contributed by atoms with Crippen molar-refractivity contribution >= 4 is 0 Å². The van der Waals surface area contributed by atoms with Crippen molar-refractivity contribution in [3.05, 3.63) is 89.5 Å². The number of aliphatic hydroxyl groups excluding tert-OH is 4. The van der Waals surface area contributed by atoms with E-state index < -0.39 is 37.3 Å². The van der Waals surface area contributed by atoms with Crippen LogP contribution in [0.25, 0.3) is 0 Å². The van der Waals surface area contributed by atoms with Gasteiger partial charge in [-0.05, 0) is 36.4 Å². The molecule has 4 rings (SSSR count). The van der Waals surface area contributed by atoms with Crippen LogP contribution < -0.4 is 4.74 Å². The number of ether oxygens (including phenoxy) is 3. The lowest BCUT2D eigenvalue weighted by molar-refractivity contribution is -0.301. The number of aromatic nitrogens is 2. The molecular weight excluding hydrogens is 476 g/mol. The SMILES string of the molecule is OC[C@H]1O[C@H](OCCOc2c(C#Cc3ccncc3)cccc2C#Cc2ccncc2)[C@H](O)[C@@H](O)[C@@H]1O. The van der Waals surface area contributed by atoms with Gasteiger partial charge in [-0.1, -0.05) is 29.7 Å². The van der Waals surface area contributed by atoms with Crippen LogP contribution in [-0.4, -0.2) is 80.9 Å². The van der Waals surface area contributed by atoms with Crippen LogP contribution in [0, 0.1) is 23.7 Å². The number of pyridine rings is 2. The Morgan fingerprint density at radius 1 is 0.730 bits per heavy atom. The Morgan fingerprint density at radius 2 is 1.30 bits per heavy atom. The lowest BCUT2D eigenvalue weighted by Crippen LogP contribution is -2.59. The molecule has 0 bridgehead atoms. The van der Waals surface area contributed by atoms with E-state index in [0.29, 0.717) is 16.9 Å². The van der Waals surface area contributed by atoms with E-state index in [-0.39, 0.29) is 13.2 Å². The highest BCUT2D eigenvalue weighted by Gasteiger charge is 2.43. The van der Waals surface area contributed by atoms with Crippen LogP contribution in [-0.2, 0) is 9.47 Å². The summed E-state index contributed by atoms with van der Waals surface area (Å²) in [6.07, 6.45) is -0.112. The Labute approximate surface area is 214 Å². The Balaban J connectivity index is 1.51. The molecule has 0 amide bonds. The summed E-state index contributed by atoms with van der Waals surface area (Å²) in [7, 11) is 0. The normalized spacial score (nSPS) is 22.8.